The smallest absolute Gasteiger partial charge is 0.295 e. The Morgan fingerprint density at radius 3 is 2.38 bits per heavy atom. The Balaban J connectivity index is 1.38. The Labute approximate surface area is 209 Å². The van der Waals surface area contributed by atoms with Crippen molar-refractivity contribution in [2.24, 2.45) is 0 Å². The molecule has 1 saturated heterocycles. The molecule has 4 heterocycles. The lowest BCUT2D eigenvalue weighted by Crippen LogP contribution is -2.50. The lowest BCUT2D eigenvalue weighted by atomic mass is 10.0. The van der Waals surface area contributed by atoms with Crippen LogP contribution in [0, 0.1) is 28.5 Å². The minimum absolute atomic E-state index is 0.0342. The van der Waals surface area contributed by atoms with Crippen LogP contribution in [0.1, 0.15) is 15.9 Å². The number of rotatable bonds is 5. The lowest BCUT2D eigenvalue weighted by molar-refractivity contribution is -0.127. The van der Waals surface area contributed by atoms with Crippen LogP contribution in [-0.4, -0.2) is 72.6 Å². The van der Waals surface area contributed by atoms with E-state index in [-0.39, 0.29) is 40.9 Å². The van der Waals surface area contributed by atoms with Crippen LogP contribution in [0.15, 0.2) is 60.7 Å². The van der Waals surface area contributed by atoms with Crippen molar-refractivity contribution in [1.29, 1.82) is 10.5 Å². The van der Waals surface area contributed by atoms with Crippen molar-refractivity contribution in [3.8, 4) is 18.0 Å². The molecule has 11 nitrogen and oxygen atoms in total. The standard InChI is InChI=1S/C25H18FN9O2/c26-19-15-30-24(35-7-6-31-32-35)21-20(19)18(14-29-21)23(36)25(37)34-10-8-33(9-11-34)22(17(12-27)13-28)16-4-2-1-3-5-16/h1-7,14-15,29H,8-11H2. The third-order valence-corrected chi connectivity index (χ3v) is 6.11. The molecule has 5 rings (SSSR count). The number of aromatic amines is 1. The molecule has 1 amide bonds. The monoisotopic (exact) mass is 495 g/mol. The molecule has 0 radical (unpaired) electrons. The zero-order chi connectivity index (χ0) is 25.9. The lowest BCUT2D eigenvalue weighted by Gasteiger charge is -2.37. The number of H-pyrrole nitrogens is 1. The van der Waals surface area contributed by atoms with E-state index >= 15 is 0 Å². The number of piperazine rings is 1. The fourth-order valence-corrected chi connectivity index (χ4v) is 4.37. The second-order valence-electron chi connectivity index (χ2n) is 8.15. The molecule has 3 aromatic heterocycles. The highest BCUT2D eigenvalue weighted by Gasteiger charge is 2.31. The number of carbonyl (C=O) groups excluding carboxylic acids is 2. The first-order valence-electron chi connectivity index (χ1n) is 11.2. The Kier molecular flexibility index (Phi) is 6.14. The third-order valence-electron chi connectivity index (χ3n) is 6.11. The third kappa shape index (κ3) is 4.17. The Morgan fingerprint density at radius 1 is 1.03 bits per heavy atom. The number of fused-ring (bicyclic) bond motifs is 1. The summed E-state index contributed by atoms with van der Waals surface area (Å²) in [6, 6.07) is 12.9. The SMILES string of the molecule is N#CC(C#N)=C(c1ccccc1)N1CCN(C(=O)C(=O)c2c[nH]c3c(-n4ccnn4)ncc(F)c23)CC1. The summed E-state index contributed by atoms with van der Waals surface area (Å²) in [5.41, 5.74) is 1.26. The average Bonchev–Trinajstić information content (AvgIpc) is 3.63. The molecule has 0 atom stereocenters. The Morgan fingerprint density at radius 2 is 1.73 bits per heavy atom. The van der Waals surface area contributed by atoms with Gasteiger partial charge in [-0.05, 0) is 5.56 Å². The predicted molar refractivity (Wildman–Crippen MR) is 128 cm³/mol. The molecule has 37 heavy (non-hydrogen) atoms. The molecular weight excluding hydrogens is 477 g/mol. The summed E-state index contributed by atoms with van der Waals surface area (Å²) in [6.45, 7) is 0.973. The van der Waals surface area contributed by atoms with Crippen molar-refractivity contribution >= 4 is 28.3 Å². The molecule has 12 heteroatoms. The summed E-state index contributed by atoms with van der Waals surface area (Å²) in [6.07, 6.45) is 5.21. The molecule has 1 aromatic carbocycles. The molecule has 1 N–H and O–H groups in total. The first-order valence-corrected chi connectivity index (χ1v) is 11.2. The number of nitrogens with zero attached hydrogens (tertiary/aromatic N) is 8. The molecule has 0 spiro atoms. The van der Waals surface area contributed by atoms with Gasteiger partial charge in [0.15, 0.2) is 17.2 Å². The highest BCUT2D eigenvalue weighted by atomic mass is 19.1. The van der Waals surface area contributed by atoms with Crippen LogP contribution in [0.25, 0.3) is 22.4 Å². The molecule has 1 fully saturated rings. The summed E-state index contributed by atoms with van der Waals surface area (Å²) >= 11 is 0. The van der Waals surface area contributed by atoms with Gasteiger partial charge in [-0.3, -0.25) is 9.59 Å². The molecule has 0 saturated carbocycles. The van der Waals surface area contributed by atoms with Crippen molar-refractivity contribution in [1.82, 2.24) is 34.8 Å². The molecule has 182 valence electrons. The maximum absolute atomic E-state index is 14.7. The second-order valence-corrected chi connectivity index (χ2v) is 8.15. The van der Waals surface area contributed by atoms with Crippen LogP contribution >= 0.6 is 0 Å². The number of benzene rings is 1. The first kappa shape index (κ1) is 23.4. The maximum Gasteiger partial charge on any atom is 0.295 e. The van der Waals surface area contributed by atoms with E-state index in [0.717, 1.165) is 6.20 Å². The minimum atomic E-state index is -0.858. The summed E-state index contributed by atoms with van der Waals surface area (Å²) in [4.78, 5) is 36.4. The molecule has 1 aliphatic rings. The van der Waals surface area contributed by atoms with Gasteiger partial charge < -0.3 is 14.8 Å². The van der Waals surface area contributed by atoms with Gasteiger partial charge in [-0.15, -0.1) is 5.10 Å². The van der Waals surface area contributed by atoms with Crippen LogP contribution in [0.5, 0.6) is 0 Å². The normalized spacial score (nSPS) is 13.2. The van der Waals surface area contributed by atoms with Gasteiger partial charge >= 0.3 is 0 Å². The fourth-order valence-electron chi connectivity index (χ4n) is 4.37. The van der Waals surface area contributed by atoms with Gasteiger partial charge in [0.2, 0.25) is 0 Å². The van der Waals surface area contributed by atoms with Gasteiger partial charge in [-0.25, -0.2) is 14.1 Å². The fraction of sp³-hybridized carbons (Fsp3) is 0.160. The number of nitriles is 2. The quantitative estimate of drug-likeness (QED) is 0.251. The number of Topliss-reactive ketones (excluding diaryl/α,β-unsaturated/α-hetero) is 1. The second kappa shape index (κ2) is 9.71. The van der Waals surface area contributed by atoms with Crippen molar-refractivity contribution in [3.63, 3.8) is 0 Å². The van der Waals surface area contributed by atoms with Crippen molar-refractivity contribution < 1.29 is 14.0 Å². The predicted octanol–water partition coefficient (Wildman–Crippen LogP) is 2.07. The van der Waals surface area contributed by atoms with E-state index in [1.807, 2.05) is 35.2 Å². The topological polar surface area (TPSA) is 148 Å². The number of hydrogen-bond donors (Lipinski definition) is 1. The minimum Gasteiger partial charge on any atom is -0.366 e. The van der Waals surface area contributed by atoms with Gasteiger partial charge in [0, 0.05) is 32.4 Å². The number of nitrogens with one attached hydrogen (secondary N) is 1. The summed E-state index contributed by atoms with van der Waals surface area (Å²) in [5.74, 6) is -2.15. The van der Waals surface area contributed by atoms with E-state index in [2.05, 4.69) is 20.3 Å². The van der Waals surface area contributed by atoms with Crippen LogP contribution in [0.4, 0.5) is 4.39 Å². The van der Waals surface area contributed by atoms with Crippen LogP contribution in [-0.2, 0) is 4.79 Å². The van der Waals surface area contributed by atoms with E-state index in [4.69, 9.17) is 0 Å². The van der Waals surface area contributed by atoms with Crippen LogP contribution in [0.2, 0.25) is 0 Å². The van der Waals surface area contributed by atoms with E-state index in [1.54, 1.807) is 12.1 Å². The van der Waals surface area contributed by atoms with Gasteiger partial charge in [0.25, 0.3) is 11.7 Å². The maximum atomic E-state index is 14.7. The number of aromatic nitrogens is 5. The zero-order valence-corrected chi connectivity index (χ0v) is 19.3. The summed E-state index contributed by atoms with van der Waals surface area (Å²) in [7, 11) is 0. The van der Waals surface area contributed by atoms with E-state index in [9.17, 15) is 24.5 Å². The van der Waals surface area contributed by atoms with E-state index in [0.29, 0.717) is 24.4 Å². The number of pyridine rings is 1. The molecular formula is C25H18FN9O2. The number of amides is 1. The van der Waals surface area contributed by atoms with Crippen molar-refractivity contribution in [2.75, 3.05) is 26.2 Å². The van der Waals surface area contributed by atoms with Crippen LogP contribution < -0.4 is 0 Å². The van der Waals surface area contributed by atoms with Gasteiger partial charge in [0.05, 0.1) is 40.8 Å². The summed E-state index contributed by atoms with van der Waals surface area (Å²) in [5, 5.41) is 26.5. The van der Waals surface area contributed by atoms with Gasteiger partial charge in [-0.2, -0.15) is 10.5 Å². The largest absolute Gasteiger partial charge is 0.366 e. The number of carbonyl (C=O) groups is 2. The zero-order valence-electron chi connectivity index (χ0n) is 19.3. The van der Waals surface area contributed by atoms with Gasteiger partial charge in [-0.1, -0.05) is 35.5 Å². The number of allylic oxidation sites excluding steroid dienone is 1. The molecule has 4 aromatic rings. The Bertz CT molecular complexity index is 1590. The number of hydrogen-bond acceptors (Lipinski definition) is 8. The highest BCUT2D eigenvalue weighted by molar-refractivity contribution is 6.45. The van der Waals surface area contributed by atoms with E-state index in [1.165, 1.54) is 28.2 Å². The number of ketones is 1. The van der Waals surface area contributed by atoms with Crippen LogP contribution in [0.3, 0.4) is 0 Å². The van der Waals surface area contributed by atoms with Gasteiger partial charge in [0.1, 0.15) is 12.1 Å². The highest BCUT2D eigenvalue weighted by Crippen LogP contribution is 2.27. The Hall–Kier alpha value is -5.36. The average molecular weight is 495 g/mol. The van der Waals surface area contributed by atoms with Crippen molar-refractivity contribution in [3.05, 3.63) is 77.6 Å². The molecule has 0 unspecified atom stereocenters. The molecule has 1 aliphatic heterocycles. The molecule has 0 aliphatic carbocycles. The number of halogens is 1. The first-order chi connectivity index (χ1) is 18.0. The van der Waals surface area contributed by atoms with Crippen molar-refractivity contribution in [2.45, 2.75) is 0 Å². The molecule has 0 bridgehead atoms. The summed E-state index contributed by atoms with van der Waals surface area (Å²) < 4.78 is 16.1. The van der Waals surface area contributed by atoms with E-state index < -0.39 is 17.5 Å².